The van der Waals surface area contributed by atoms with Crippen LogP contribution in [-0.4, -0.2) is 71.0 Å². The van der Waals surface area contributed by atoms with Gasteiger partial charge in [-0.2, -0.15) is 0 Å². The van der Waals surface area contributed by atoms with Crippen molar-refractivity contribution in [1.82, 2.24) is 14.8 Å². The zero-order valence-electron chi connectivity index (χ0n) is 16.5. The Morgan fingerprint density at radius 3 is 2.52 bits per heavy atom. The monoisotopic (exact) mass is 397 g/mol. The number of aliphatic hydroxyl groups is 1. The molecule has 0 saturated carbocycles. The van der Waals surface area contributed by atoms with Gasteiger partial charge in [0.15, 0.2) is 11.5 Å². The fraction of sp³-hybridized carbons (Fsp3) is 0.286. The van der Waals surface area contributed by atoms with Crippen LogP contribution >= 0.6 is 0 Å². The predicted octanol–water partition coefficient (Wildman–Crippen LogP) is 1.78. The molecule has 1 aliphatic rings. The number of aromatic hydroxyl groups is 1. The Balaban J connectivity index is 2.17. The molecule has 2 N–H and O–H groups in total. The van der Waals surface area contributed by atoms with E-state index in [-0.39, 0.29) is 22.8 Å². The predicted molar refractivity (Wildman–Crippen MR) is 106 cm³/mol. The van der Waals surface area contributed by atoms with E-state index in [4.69, 9.17) is 4.74 Å². The van der Waals surface area contributed by atoms with Crippen molar-refractivity contribution in [2.75, 3.05) is 34.3 Å². The number of hydrogen-bond donors (Lipinski definition) is 2. The molecule has 2 heterocycles. The number of ether oxygens (including phenoxy) is 1. The first-order valence-corrected chi connectivity index (χ1v) is 9.05. The van der Waals surface area contributed by atoms with Crippen LogP contribution in [-0.2, 0) is 9.59 Å². The van der Waals surface area contributed by atoms with Crippen molar-refractivity contribution >= 4 is 17.4 Å². The molecule has 3 rings (SSSR count). The van der Waals surface area contributed by atoms with Gasteiger partial charge in [0.25, 0.3) is 11.7 Å². The molecule has 1 fully saturated rings. The number of aromatic nitrogens is 1. The summed E-state index contributed by atoms with van der Waals surface area (Å²) >= 11 is 0. The Labute approximate surface area is 168 Å². The fourth-order valence-electron chi connectivity index (χ4n) is 3.29. The van der Waals surface area contributed by atoms with E-state index in [1.807, 2.05) is 19.0 Å². The van der Waals surface area contributed by atoms with Crippen LogP contribution in [0.5, 0.6) is 11.5 Å². The summed E-state index contributed by atoms with van der Waals surface area (Å²) in [6.07, 6.45) is 2.99. The molecule has 1 aromatic carbocycles. The number of amides is 1. The lowest BCUT2D eigenvalue weighted by Gasteiger charge is -2.27. The van der Waals surface area contributed by atoms with Gasteiger partial charge < -0.3 is 24.7 Å². The molecule has 2 aromatic rings. The number of carbonyl (C=O) groups excluding carboxylic acids is 2. The van der Waals surface area contributed by atoms with Crippen molar-refractivity contribution < 1.29 is 24.5 Å². The normalized spacial score (nSPS) is 18.5. The van der Waals surface area contributed by atoms with Crippen LogP contribution in [0.3, 0.4) is 0 Å². The van der Waals surface area contributed by atoms with Crippen LogP contribution in [0, 0.1) is 0 Å². The molecule has 1 unspecified atom stereocenters. The van der Waals surface area contributed by atoms with Crippen LogP contribution in [0.1, 0.15) is 17.2 Å². The Morgan fingerprint density at radius 1 is 1.21 bits per heavy atom. The van der Waals surface area contributed by atoms with Gasteiger partial charge in [-0.05, 0) is 43.9 Å². The first kappa shape index (κ1) is 20.3. The number of pyridine rings is 1. The third-order valence-corrected chi connectivity index (χ3v) is 4.80. The summed E-state index contributed by atoms with van der Waals surface area (Å²) < 4.78 is 5.18. The molecule has 1 saturated heterocycles. The molecule has 29 heavy (non-hydrogen) atoms. The van der Waals surface area contributed by atoms with Gasteiger partial charge in [0.05, 0.1) is 18.7 Å². The SMILES string of the molecule is COc1cc(C2C(=C(O)c3ccncc3)C(=O)C(=O)N2CCN(C)C)ccc1O. The van der Waals surface area contributed by atoms with E-state index in [9.17, 15) is 19.8 Å². The van der Waals surface area contributed by atoms with Gasteiger partial charge in [-0.15, -0.1) is 0 Å². The molecule has 0 bridgehead atoms. The fourth-order valence-corrected chi connectivity index (χ4v) is 3.29. The van der Waals surface area contributed by atoms with Gasteiger partial charge in [-0.3, -0.25) is 14.6 Å². The summed E-state index contributed by atoms with van der Waals surface area (Å²) in [5.41, 5.74) is 0.933. The van der Waals surface area contributed by atoms with Gasteiger partial charge >= 0.3 is 0 Å². The number of benzene rings is 1. The van der Waals surface area contributed by atoms with E-state index in [0.717, 1.165) is 0 Å². The molecular weight excluding hydrogens is 374 g/mol. The second-order valence-corrected chi connectivity index (χ2v) is 6.96. The zero-order valence-corrected chi connectivity index (χ0v) is 16.5. The van der Waals surface area contributed by atoms with Crippen LogP contribution in [0.25, 0.3) is 5.76 Å². The Bertz CT molecular complexity index is 956. The highest BCUT2D eigenvalue weighted by Crippen LogP contribution is 2.41. The van der Waals surface area contributed by atoms with E-state index in [0.29, 0.717) is 24.2 Å². The number of phenolic OH excluding ortho intramolecular Hbond substituents is 1. The quantitative estimate of drug-likeness (QED) is 0.435. The van der Waals surface area contributed by atoms with Crippen LogP contribution in [0.15, 0.2) is 48.3 Å². The number of nitrogens with zero attached hydrogens (tertiary/aromatic N) is 3. The van der Waals surface area contributed by atoms with E-state index in [1.54, 1.807) is 24.3 Å². The molecule has 152 valence electrons. The lowest BCUT2D eigenvalue weighted by Crippen LogP contribution is -2.35. The number of hydrogen-bond acceptors (Lipinski definition) is 7. The van der Waals surface area contributed by atoms with E-state index in [1.165, 1.54) is 30.5 Å². The molecule has 8 nitrogen and oxygen atoms in total. The second kappa shape index (κ2) is 8.32. The number of likely N-dealkylation sites (N-methyl/N-ethyl adjacent to an activating group) is 1. The number of aliphatic hydroxyl groups excluding tert-OH is 1. The topological polar surface area (TPSA) is 103 Å². The molecule has 0 aliphatic carbocycles. The minimum Gasteiger partial charge on any atom is -0.507 e. The third kappa shape index (κ3) is 3.93. The summed E-state index contributed by atoms with van der Waals surface area (Å²) in [7, 11) is 5.15. The van der Waals surface area contributed by atoms with Gasteiger partial charge in [-0.25, -0.2) is 0 Å². The van der Waals surface area contributed by atoms with Crippen LogP contribution in [0.4, 0.5) is 0 Å². The highest BCUT2D eigenvalue weighted by Gasteiger charge is 2.46. The zero-order chi connectivity index (χ0) is 21.1. The third-order valence-electron chi connectivity index (χ3n) is 4.80. The summed E-state index contributed by atoms with van der Waals surface area (Å²) in [4.78, 5) is 32.9. The summed E-state index contributed by atoms with van der Waals surface area (Å²) in [6, 6.07) is 6.93. The maximum absolute atomic E-state index is 12.9. The molecule has 1 aromatic heterocycles. The number of phenols is 1. The van der Waals surface area contributed by atoms with Crippen LogP contribution in [0.2, 0.25) is 0 Å². The highest BCUT2D eigenvalue weighted by molar-refractivity contribution is 6.46. The molecule has 8 heteroatoms. The Morgan fingerprint density at radius 2 is 1.90 bits per heavy atom. The van der Waals surface area contributed by atoms with Crippen molar-refractivity contribution in [3.63, 3.8) is 0 Å². The number of carbonyl (C=O) groups is 2. The summed E-state index contributed by atoms with van der Waals surface area (Å²) in [5.74, 6) is -1.55. The van der Waals surface area contributed by atoms with Gasteiger partial charge in [0.1, 0.15) is 5.76 Å². The standard InChI is InChI=1S/C21H23N3O5/c1-23(2)10-11-24-18(14-4-5-15(25)16(12-14)29-3)17(20(27)21(24)28)19(26)13-6-8-22-9-7-13/h4-9,12,18,25-26H,10-11H2,1-3H3. The Hall–Kier alpha value is -3.39. The van der Waals surface area contributed by atoms with Crippen molar-refractivity contribution in [3.05, 3.63) is 59.4 Å². The summed E-state index contributed by atoms with van der Waals surface area (Å²) in [6.45, 7) is 0.826. The number of rotatable bonds is 6. The molecule has 1 aliphatic heterocycles. The van der Waals surface area contributed by atoms with Gasteiger partial charge in [0.2, 0.25) is 0 Å². The van der Waals surface area contributed by atoms with Crippen molar-refractivity contribution in [2.45, 2.75) is 6.04 Å². The first-order chi connectivity index (χ1) is 13.8. The van der Waals surface area contributed by atoms with E-state index < -0.39 is 17.7 Å². The smallest absolute Gasteiger partial charge is 0.295 e. The molecular formula is C21H23N3O5. The maximum Gasteiger partial charge on any atom is 0.295 e. The van der Waals surface area contributed by atoms with Crippen molar-refractivity contribution in [2.24, 2.45) is 0 Å². The highest BCUT2D eigenvalue weighted by atomic mass is 16.5. The largest absolute Gasteiger partial charge is 0.507 e. The first-order valence-electron chi connectivity index (χ1n) is 9.05. The molecule has 0 spiro atoms. The van der Waals surface area contributed by atoms with Gasteiger partial charge in [0, 0.05) is 31.0 Å². The lowest BCUT2D eigenvalue weighted by molar-refractivity contribution is -0.140. The molecule has 1 amide bonds. The van der Waals surface area contributed by atoms with Gasteiger partial charge in [-0.1, -0.05) is 6.07 Å². The average molecular weight is 397 g/mol. The maximum atomic E-state index is 12.9. The van der Waals surface area contributed by atoms with Crippen LogP contribution < -0.4 is 4.74 Å². The van der Waals surface area contributed by atoms with E-state index >= 15 is 0 Å². The van der Waals surface area contributed by atoms with Crippen molar-refractivity contribution in [1.29, 1.82) is 0 Å². The van der Waals surface area contributed by atoms with Crippen molar-refractivity contribution in [3.8, 4) is 11.5 Å². The average Bonchev–Trinajstić information content (AvgIpc) is 2.97. The number of likely N-dealkylation sites (tertiary alicyclic amines) is 1. The number of methoxy groups -OCH3 is 1. The minimum atomic E-state index is -0.808. The minimum absolute atomic E-state index is 0.00676. The van der Waals surface area contributed by atoms with E-state index in [2.05, 4.69) is 4.98 Å². The molecule has 1 atom stereocenters. The summed E-state index contributed by atoms with van der Waals surface area (Å²) in [5, 5.41) is 20.8. The number of Topliss-reactive ketones (excluding diaryl/α,β-unsaturated/α-hetero) is 1. The number of ketones is 1. The Kier molecular flexibility index (Phi) is 5.84. The molecule has 0 radical (unpaired) electrons. The second-order valence-electron chi connectivity index (χ2n) is 6.96. The lowest BCUT2D eigenvalue weighted by atomic mass is 9.95.